The maximum absolute atomic E-state index is 12.7. The summed E-state index contributed by atoms with van der Waals surface area (Å²) < 4.78 is 5.30. The molecule has 2 aromatic carbocycles. The summed E-state index contributed by atoms with van der Waals surface area (Å²) in [5, 5.41) is 4.19. The first-order valence-corrected chi connectivity index (χ1v) is 11.9. The van der Waals surface area contributed by atoms with Crippen LogP contribution in [0, 0.1) is 12.3 Å². The van der Waals surface area contributed by atoms with E-state index < -0.39 is 5.91 Å². The lowest BCUT2D eigenvalue weighted by atomic mass is 9.89. The second-order valence-corrected chi connectivity index (χ2v) is 10.2. The van der Waals surface area contributed by atoms with Crippen LogP contribution in [0.5, 0.6) is 5.75 Å². The molecular weight excluding hydrogens is 452 g/mol. The average molecular weight is 485 g/mol. The van der Waals surface area contributed by atoms with Crippen LogP contribution in [-0.2, 0) is 11.2 Å². The Bertz CT molecular complexity index is 1410. The number of methoxy groups -OCH3 is 1. The summed E-state index contributed by atoms with van der Waals surface area (Å²) in [5.41, 5.74) is 12.3. The van der Waals surface area contributed by atoms with Gasteiger partial charge in [0.15, 0.2) is 0 Å². The molecule has 0 fully saturated rings. The summed E-state index contributed by atoms with van der Waals surface area (Å²) in [4.78, 5) is 33.6. The smallest absolute Gasteiger partial charge is 0.252 e. The van der Waals surface area contributed by atoms with Gasteiger partial charge in [-0.15, -0.1) is 0 Å². The number of carbonyl (C=O) groups excluding carboxylic acids is 2. The number of hydrogen-bond donors (Lipinski definition) is 2. The van der Waals surface area contributed by atoms with Gasteiger partial charge in [-0.2, -0.15) is 0 Å². The predicted molar refractivity (Wildman–Crippen MR) is 144 cm³/mol. The molecule has 0 saturated carbocycles. The van der Waals surface area contributed by atoms with Gasteiger partial charge in [0.2, 0.25) is 0 Å². The van der Waals surface area contributed by atoms with Crippen LogP contribution in [0.4, 0.5) is 11.4 Å². The summed E-state index contributed by atoms with van der Waals surface area (Å²) in [6.07, 6.45) is 4.58. The quantitative estimate of drug-likeness (QED) is 0.450. The van der Waals surface area contributed by atoms with E-state index >= 15 is 0 Å². The van der Waals surface area contributed by atoms with Crippen LogP contribution >= 0.6 is 0 Å². The molecule has 3 aromatic rings. The fourth-order valence-electron chi connectivity index (χ4n) is 4.34. The van der Waals surface area contributed by atoms with Crippen molar-refractivity contribution < 1.29 is 14.3 Å². The number of ether oxygens (including phenoxy) is 1. The number of rotatable bonds is 8. The molecule has 0 atom stereocenters. The number of nitrogens with two attached hydrogens (primary N) is 1. The second-order valence-electron chi connectivity index (χ2n) is 10.2. The minimum Gasteiger partial charge on any atom is -0.496 e. The van der Waals surface area contributed by atoms with E-state index in [1.807, 2.05) is 31.2 Å². The van der Waals surface area contributed by atoms with Crippen LogP contribution in [0.15, 0.2) is 59.2 Å². The number of nitrogens with one attached hydrogen (secondary N) is 1. The third kappa shape index (κ3) is 5.46. The molecule has 0 spiro atoms. The van der Waals surface area contributed by atoms with Crippen molar-refractivity contribution >= 4 is 39.7 Å². The lowest BCUT2D eigenvalue weighted by molar-refractivity contribution is -0.117. The van der Waals surface area contributed by atoms with Gasteiger partial charge in [-0.3, -0.25) is 19.6 Å². The van der Waals surface area contributed by atoms with Gasteiger partial charge in [-0.25, -0.2) is 0 Å². The van der Waals surface area contributed by atoms with E-state index in [4.69, 9.17) is 10.5 Å². The number of primary amides is 1. The number of hydrogen-bond acceptors (Lipinski definition) is 6. The molecule has 36 heavy (non-hydrogen) atoms. The number of fused-ring (bicyclic) bond motifs is 1. The van der Waals surface area contributed by atoms with Crippen LogP contribution in [0.25, 0.3) is 10.9 Å². The molecule has 0 radical (unpaired) electrons. The minimum absolute atomic E-state index is 0.00162. The van der Waals surface area contributed by atoms with Gasteiger partial charge in [0.25, 0.3) is 5.91 Å². The van der Waals surface area contributed by atoms with E-state index in [1.165, 1.54) is 7.11 Å². The normalized spacial score (nSPS) is 13.4. The zero-order valence-corrected chi connectivity index (χ0v) is 21.4. The van der Waals surface area contributed by atoms with Gasteiger partial charge in [0.05, 0.1) is 24.7 Å². The molecule has 186 valence electrons. The van der Waals surface area contributed by atoms with Crippen LogP contribution in [0.1, 0.15) is 48.7 Å². The Morgan fingerprint density at radius 2 is 1.86 bits per heavy atom. The predicted octanol–water partition coefficient (Wildman–Crippen LogP) is 5.32. The molecule has 1 aromatic heterocycles. The monoisotopic (exact) mass is 484 g/mol. The van der Waals surface area contributed by atoms with Gasteiger partial charge in [-0.1, -0.05) is 32.9 Å². The molecule has 1 aliphatic heterocycles. The number of benzene rings is 2. The number of aliphatic imine (C=N–C) groups is 1. The van der Waals surface area contributed by atoms with Crippen molar-refractivity contribution in [1.82, 2.24) is 4.98 Å². The van der Waals surface area contributed by atoms with Gasteiger partial charge in [0.1, 0.15) is 11.5 Å². The van der Waals surface area contributed by atoms with Gasteiger partial charge in [0, 0.05) is 53.0 Å². The van der Waals surface area contributed by atoms with Crippen LogP contribution in [-0.4, -0.2) is 36.0 Å². The Morgan fingerprint density at radius 3 is 2.50 bits per heavy atom. The highest BCUT2D eigenvalue weighted by molar-refractivity contribution is 6.04. The van der Waals surface area contributed by atoms with Crippen molar-refractivity contribution in [3.8, 4) is 5.75 Å². The highest BCUT2D eigenvalue weighted by Crippen LogP contribution is 2.32. The first-order chi connectivity index (χ1) is 17.0. The molecule has 2 heterocycles. The number of aryl methyl sites for hydroxylation is 1. The largest absolute Gasteiger partial charge is 0.496 e. The number of ketones is 1. The van der Waals surface area contributed by atoms with E-state index in [-0.39, 0.29) is 11.2 Å². The maximum atomic E-state index is 12.7. The molecule has 7 heteroatoms. The summed E-state index contributed by atoms with van der Waals surface area (Å²) in [5.74, 6) is 0.00231. The molecule has 0 unspecified atom stereocenters. The molecule has 3 N–H and O–H groups in total. The number of pyridine rings is 1. The number of allylic oxidation sites excluding steroid dienone is 1. The molecule has 0 bridgehead atoms. The summed E-state index contributed by atoms with van der Waals surface area (Å²) in [6.45, 7) is 9.01. The topological polar surface area (TPSA) is 107 Å². The molecule has 4 rings (SSSR count). The van der Waals surface area contributed by atoms with Crippen molar-refractivity contribution in [2.45, 2.75) is 40.5 Å². The fraction of sp³-hybridized carbons (Fsp3) is 0.310. The summed E-state index contributed by atoms with van der Waals surface area (Å²) in [7, 11) is 1.49. The zero-order chi connectivity index (χ0) is 26.0. The van der Waals surface area contributed by atoms with Gasteiger partial charge < -0.3 is 15.8 Å². The molecule has 0 saturated heterocycles. The number of carbonyl (C=O) groups is 2. The number of aromatic nitrogens is 1. The second kappa shape index (κ2) is 9.93. The average Bonchev–Trinajstić information content (AvgIpc) is 3.29. The third-order valence-electron chi connectivity index (χ3n) is 6.28. The molecule has 1 amide bonds. The van der Waals surface area contributed by atoms with Crippen LogP contribution < -0.4 is 15.8 Å². The van der Waals surface area contributed by atoms with Crippen molar-refractivity contribution in [1.29, 1.82) is 0 Å². The Kier molecular flexibility index (Phi) is 6.93. The maximum Gasteiger partial charge on any atom is 0.252 e. The number of amides is 1. The van der Waals surface area contributed by atoms with E-state index in [1.54, 1.807) is 18.3 Å². The molecule has 1 aliphatic rings. The lowest BCUT2D eigenvalue weighted by Crippen LogP contribution is -2.16. The molecule has 0 aliphatic carbocycles. The van der Waals surface area contributed by atoms with E-state index in [2.05, 4.69) is 42.1 Å². The Hall–Kier alpha value is -4.00. The van der Waals surface area contributed by atoms with Gasteiger partial charge >= 0.3 is 0 Å². The first-order valence-electron chi connectivity index (χ1n) is 11.9. The van der Waals surface area contributed by atoms with Crippen LogP contribution in [0.3, 0.4) is 0 Å². The first kappa shape index (κ1) is 25.1. The fourth-order valence-corrected chi connectivity index (χ4v) is 4.34. The minimum atomic E-state index is -0.566. The standard InChI is InChI=1S/C29H32N4O3/c1-17-10-18(11-20(34)12-19-13-27(32-16-19)29(2,3)4)6-7-23(17)33-24-8-9-31-25-15-26(36-5)22(28(30)35)14-21(24)25/h6-10,13-15H,11-12,16H2,1-5H3,(H2,30,35)(H,31,33). The molecular formula is C29H32N4O3. The van der Waals surface area contributed by atoms with Crippen molar-refractivity contribution in [2.24, 2.45) is 16.1 Å². The third-order valence-corrected chi connectivity index (χ3v) is 6.28. The SMILES string of the molecule is COc1cc2nccc(Nc3ccc(CC(=O)CC4=CC(C(C)(C)C)=NC4)cc3C)c2cc1C(N)=O. The Balaban J connectivity index is 1.50. The highest BCUT2D eigenvalue weighted by Gasteiger charge is 2.22. The number of nitrogens with zero attached hydrogens (tertiary/aromatic N) is 2. The lowest BCUT2D eigenvalue weighted by Gasteiger charge is -2.16. The van der Waals surface area contributed by atoms with E-state index in [0.29, 0.717) is 36.2 Å². The Morgan fingerprint density at radius 1 is 1.08 bits per heavy atom. The van der Waals surface area contributed by atoms with E-state index in [9.17, 15) is 9.59 Å². The summed E-state index contributed by atoms with van der Waals surface area (Å²) >= 11 is 0. The summed E-state index contributed by atoms with van der Waals surface area (Å²) in [6, 6.07) is 11.2. The number of Topliss-reactive ketones (excluding diaryl/α,β-unsaturated/α-hetero) is 1. The Labute approximate surface area is 211 Å². The zero-order valence-electron chi connectivity index (χ0n) is 21.4. The highest BCUT2D eigenvalue weighted by atomic mass is 16.5. The van der Waals surface area contributed by atoms with Crippen molar-refractivity contribution in [3.05, 3.63) is 70.9 Å². The van der Waals surface area contributed by atoms with Crippen LogP contribution in [0.2, 0.25) is 0 Å². The number of anilines is 2. The van der Waals surface area contributed by atoms with Gasteiger partial charge in [-0.05, 0) is 47.9 Å². The van der Waals surface area contributed by atoms with Crippen molar-refractivity contribution in [3.63, 3.8) is 0 Å². The molecule has 7 nitrogen and oxygen atoms in total. The van der Waals surface area contributed by atoms with E-state index in [0.717, 1.165) is 39.2 Å². The van der Waals surface area contributed by atoms with Crippen molar-refractivity contribution in [2.75, 3.05) is 19.0 Å².